The van der Waals surface area contributed by atoms with Crippen molar-refractivity contribution < 1.29 is 28.2 Å². The van der Waals surface area contributed by atoms with Crippen molar-refractivity contribution in [2.24, 2.45) is 0 Å². The van der Waals surface area contributed by atoms with Gasteiger partial charge in [-0.05, 0) is 24.3 Å². The highest BCUT2D eigenvalue weighted by Gasteiger charge is 2.36. The summed E-state index contributed by atoms with van der Waals surface area (Å²) in [5, 5.41) is 3.08. The van der Waals surface area contributed by atoms with E-state index in [4.69, 9.17) is 18.6 Å². The Kier molecular flexibility index (Phi) is 4.67. The number of nitrogens with one attached hydrogen (secondary N) is 1. The standard InChI is InChI=1S/C21H17NO7/c1-26-16-6-4-12-17(29-21(25)19(12)20(16)27-2)10-18(24)22-11-3-5-15-13(9-11)14(23)7-8-28-15/h3-9,17H,10H2,1-2H3,(H,22,24). The average molecular weight is 395 g/mol. The number of anilines is 1. The molecule has 1 aromatic heterocycles. The number of carbonyl (C=O) groups excluding carboxylic acids is 2. The molecular formula is C21H17NO7. The first-order valence-electron chi connectivity index (χ1n) is 8.79. The van der Waals surface area contributed by atoms with Crippen molar-refractivity contribution in [1.82, 2.24) is 0 Å². The van der Waals surface area contributed by atoms with Gasteiger partial charge in [-0.1, -0.05) is 6.07 Å². The van der Waals surface area contributed by atoms with Gasteiger partial charge in [-0.3, -0.25) is 9.59 Å². The predicted octanol–water partition coefficient (Wildman–Crippen LogP) is 3.05. The van der Waals surface area contributed by atoms with Crippen LogP contribution in [0.3, 0.4) is 0 Å². The zero-order valence-electron chi connectivity index (χ0n) is 15.7. The second-order valence-corrected chi connectivity index (χ2v) is 6.41. The first-order valence-corrected chi connectivity index (χ1v) is 8.79. The lowest BCUT2D eigenvalue weighted by atomic mass is 10.0. The lowest BCUT2D eigenvalue weighted by Crippen LogP contribution is -2.16. The van der Waals surface area contributed by atoms with Gasteiger partial charge in [0.05, 0.1) is 32.3 Å². The largest absolute Gasteiger partial charge is 0.493 e. The van der Waals surface area contributed by atoms with Crippen LogP contribution in [-0.2, 0) is 9.53 Å². The Hall–Kier alpha value is -3.81. The molecule has 8 nitrogen and oxygen atoms in total. The van der Waals surface area contributed by atoms with Crippen LogP contribution in [0.4, 0.5) is 5.69 Å². The number of esters is 1. The average Bonchev–Trinajstić information content (AvgIpc) is 3.03. The molecule has 0 saturated heterocycles. The van der Waals surface area contributed by atoms with Crippen molar-refractivity contribution >= 4 is 28.5 Å². The molecule has 1 aliphatic heterocycles. The van der Waals surface area contributed by atoms with E-state index in [0.717, 1.165) is 0 Å². The summed E-state index contributed by atoms with van der Waals surface area (Å²) in [6, 6.07) is 9.43. The Morgan fingerprint density at radius 2 is 1.93 bits per heavy atom. The van der Waals surface area contributed by atoms with Gasteiger partial charge >= 0.3 is 5.97 Å². The van der Waals surface area contributed by atoms with Crippen molar-refractivity contribution in [3.8, 4) is 11.5 Å². The number of amides is 1. The van der Waals surface area contributed by atoms with Crippen molar-refractivity contribution in [2.75, 3.05) is 19.5 Å². The van der Waals surface area contributed by atoms with E-state index < -0.39 is 12.1 Å². The van der Waals surface area contributed by atoms with Crippen molar-refractivity contribution in [1.29, 1.82) is 0 Å². The third-order valence-corrected chi connectivity index (χ3v) is 4.69. The summed E-state index contributed by atoms with van der Waals surface area (Å²) in [5.41, 5.74) is 1.48. The van der Waals surface area contributed by atoms with Gasteiger partial charge < -0.3 is 23.9 Å². The first kappa shape index (κ1) is 18.5. The molecule has 0 bridgehead atoms. The van der Waals surface area contributed by atoms with E-state index in [1.165, 1.54) is 26.5 Å². The van der Waals surface area contributed by atoms with Gasteiger partial charge in [0.25, 0.3) is 0 Å². The molecule has 1 N–H and O–H groups in total. The summed E-state index contributed by atoms with van der Waals surface area (Å²) < 4.78 is 21.1. The van der Waals surface area contributed by atoms with E-state index in [-0.39, 0.29) is 29.1 Å². The second kappa shape index (κ2) is 7.31. The third-order valence-electron chi connectivity index (χ3n) is 4.69. The maximum absolute atomic E-state index is 12.5. The van der Waals surface area contributed by atoms with Gasteiger partial charge in [-0.2, -0.15) is 0 Å². The molecule has 0 spiro atoms. The molecular weight excluding hydrogens is 378 g/mol. The summed E-state index contributed by atoms with van der Waals surface area (Å²) in [5.74, 6) is -0.260. The Labute approximate surface area is 165 Å². The van der Waals surface area contributed by atoms with Crippen LogP contribution >= 0.6 is 0 Å². The molecule has 1 unspecified atom stereocenters. The number of fused-ring (bicyclic) bond motifs is 2. The minimum absolute atomic E-state index is 0.0876. The van der Waals surface area contributed by atoms with Gasteiger partial charge in [0.15, 0.2) is 16.9 Å². The van der Waals surface area contributed by atoms with E-state index >= 15 is 0 Å². The van der Waals surface area contributed by atoms with E-state index in [1.807, 2.05) is 0 Å². The molecule has 0 fully saturated rings. The second-order valence-electron chi connectivity index (χ2n) is 6.41. The summed E-state index contributed by atoms with van der Waals surface area (Å²) >= 11 is 0. The van der Waals surface area contributed by atoms with Crippen LogP contribution in [0.5, 0.6) is 11.5 Å². The van der Waals surface area contributed by atoms with Crippen molar-refractivity contribution in [3.05, 3.63) is 64.0 Å². The number of cyclic esters (lactones) is 1. The molecule has 0 aliphatic carbocycles. The monoisotopic (exact) mass is 395 g/mol. The van der Waals surface area contributed by atoms with Crippen LogP contribution in [-0.4, -0.2) is 26.1 Å². The van der Waals surface area contributed by atoms with Crippen LogP contribution in [0.25, 0.3) is 11.0 Å². The molecule has 4 rings (SSSR count). The zero-order chi connectivity index (χ0) is 20.5. The number of ether oxygens (including phenoxy) is 3. The van der Waals surface area contributed by atoms with Crippen molar-refractivity contribution in [3.63, 3.8) is 0 Å². The van der Waals surface area contributed by atoms with Crippen LogP contribution in [0.1, 0.15) is 28.4 Å². The summed E-state index contributed by atoms with van der Waals surface area (Å²) in [6.07, 6.45) is 0.483. The molecule has 0 radical (unpaired) electrons. The molecule has 29 heavy (non-hydrogen) atoms. The van der Waals surface area contributed by atoms with E-state index in [2.05, 4.69) is 5.32 Å². The van der Waals surface area contributed by atoms with Crippen LogP contribution in [0.15, 0.2) is 51.9 Å². The fourth-order valence-electron chi connectivity index (χ4n) is 3.37. The van der Waals surface area contributed by atoms with Crippen LogP contribution in [0, 0.1) is 0 Å². The maximum atomic E-state index is 12.5. The Balaban J connectivity index is 1.56. The Morgan fingerprint density at radius 1 is 1.10 bits per heavy atom. The molecule has 1 amide bonds. The van der Waals surface area contributed by atoms with Gasteiger partial charge in [-0.25, -0.2) is 4.79 Å². The van der Waals surface area contributed by atoms with Gasteiger partial charge in [0.1, 0.15) is 17.3 Å². The minimum atomic E-state index is -0.747. The van der Waals surface area contributed by atoms with E-state index in [9.17, 15) is 14.4 Å². The molecule has 148 valence electrons. The van der Waals surface area contributed by atoms with Gasteiger partial charge in [-0.15, -0.1) is 0 Å². The predicted molar refractivity (Wildman–Crippen MR) is 103 cm³/mol. The highest BCUT2D eigenvalue weighted by Crippen LogP contribution is 2.43. The summed E-state index contributed by atoms with van der Waals surface area (Å²) in [4.78, 5) is 36.8. The quantitative estimate of drug-likeness (QED) is 0.662. The first-order chi connectivity index (χ1) is 14.0. The zero-order valence-corrected chi connectivity index (χ0v) is 15.7. The Morgan fingerprint density at radius 3 is 2.69 bits per heavy atom. The highest BCUT2D eigenvalue weighted by atomic mass is 16.6. The smallest absolute Gasteiger partial charge is 0.343 e. The lowest BCUT2D eigenvalue weighted by molar-refractivity contribution is -0.118. The number of methoxy groups -OCH3 is 2. The fourth-order valence-corrected chi connectivity index (χ4v) is 3.37. The molecule has 8 heteroatoms. The maximum Gasteiger partial charge on any atom is 0.343 e. The minimum Gasteiger partial charge on any atom is -0.493 e. The molecule has 1 atom stereocenters. The molecule has 2 heterocycles. The van der Waals surface area contributed by atoms with Gasteiger partial charge in [0.2, 0.25) is 5.91 Å². The summed E-state index contributed by atoms with van der Waals surface area (Å²) in [6.45, 7) is 0. The number of hydrogen-bond donors (Lipinski definition) is 1. The van der Waals surface area contributed by atoms with Crippen LogP contribution < -0.4 is 20.2 Å². The molecule has 0 saturated carbocycles. The Bertz CT molecular complexity index is 1180. The molecule has 2 aromatic carbocycles. The number of hydrogen-bond acceptors (Lipinski definition) is 7. The van der Waals surface area contributed by atoms with Gasteiger partial charge in [0, 0.05) is 17.3 Å². The number of benzene rings is 2. The highest BCUT2D eigenvalue weighted by molar-refractivity contribution is 5.99. The number of rotatable bonds is 5. The number of carbonyl (C=O) groups is 2. The fraction of sp³-hybridized carbons (Fsp3) is 0.190. The summed E-state index contributed by atoms with van der Waals surface area (Å²) in [7, 11) is 2.90. The van der Waals surface area contributed by atoms with E-state index in [0.29, 0.717) is 28.0 Å². The van der Waals surface area contributed by atoms with Crippen molar-refractivity contribution in [2.45, 2.75) is 12.5 Å². The van der Waals surface area contributed by atoms with E-state index in [1.54, 1.807) is 30.3 Å². The molecule has 1 aliphatic rings. The molecule has 3 aromatic rings. The third kappa shape index (κ3) is 3.29. The van der Waals surface area contributed by atoms with Crippen LogP contribution in [0.2, 0.25) is 0 Å². The topological polar surface area (TPSA) is 104 Å². The SMILES string of the molecule is COc1ccc2c(c1OC)C(=O)OC2CC(=O)Nc1ccc2occc(=O)c2c1. The lowest BCUT2D eigenvalue weighted by Gasteiger charge is -2.12. The normalized spacial score (nSPS) is 15.0.